The minimum Gasteiger partial charge on any atom is -0.454 e. The quantitative estimate of drug-likeness (QED) is 0.750. The van der Waals surface area contributed by atoms with Crippen LogP contribution >= 0.6 is 0 Å². The van der Waals surface area contributed by atoms with E-state index < -0.39 is 10.0 Å². The van der Waals surface area contributed by atoms with Gasteiger partial charge in [-0.15, -0.1) is 0 Å². The smallest absolute Gasteiger partial charge is 0.248 e. The Labute approximate surface area is 168 Å². The number of anilines is 1. The summed E-state index contributed by atoms with van der Waals surface area (Å²) >= 11 is 0. The standard InChI is InChI=1S/C20H20N2O6S/c23-20(8-2-15-1-7-18-19(13-15)28-14-27-18)21-16-3-5-17(6-4-16)29(24,25)22-9-11-26-12-10-22/h1-8,13H,9-12,14H2,(H,21,23)/b8-2+. The number of fused-ring (bicyclic) bond motifs is 1. The van der Waals surface area contributed by atoms with Crippen molar-refractivity contribution >= 4 is 27.7 Å². The number of hydrogen-bond acceptors (Lipinski definition) is 6. The highest BCUT2D eigenvalue weighted by Crippen LogP contribution is 2.32. The molecule has 1 N–H and O–H groups in total. The van der Waals surface area contributed by atoms with Gasteiger partial charge in [0.05, 0.1) is 18.1 Å². The van der Waals surface area contributed by atoms with E-state index in [1.54, 1.807) is 30.3 Å². The number of ether oxygens (including phenoxy) is 3. The summed E-state index contributed by atoms with van der Waals surface area (Å²) in [7, 11) is -3.55. The van der Waals surface area contributed by atoms with Crippen molar-refractivity contribution in [3.63, 3.8) is 0 Å². The second-order valence-corrected chi connectivity index (χ2v) is 8.41. The lowest BCUT2D eigenvalue weighted by atomic mass is 10.2. The molecule has 0 aromatic heterocycles. The van der Waals surface area contributed by atoms with Crippen molar-refractivity contribution < 1.29 is 27.4 Å². The van der Waals surface area contributed by atoms with Crippen molar-refractivity contribution in [1.82, 2.24) is 4.31 Å². The third-order valence-electron chi connectivity index (χ3n) is 4.55. The van der Waals surface area contributed by atoms with Crippen LogP contribution in [0.1, 0.15) is 5.56 Å². The predicted octanol–water partition coefficient (Wildman–Crippen LogP) is 2.09. The van der Waals surface area contributed by atoms with Gasteiger partial charge in [-0.1, -0.05) is 6.07 Å². The molecule has 0 aliphatic carbocycles. The van der Waals surface area contributed by atoms with Crippen LogP contribution in [-0.2, 0) is 19.6 Å². The normalized spacial score (nSPS) is 16.8. The van der Waals surface area contributed by atoms with Gasteiger partial charge < -0.3 is 19.5 Å². The molecule has 1 saturated heterocycles. The van der Waals surface area contributed by atoms with Gasteiger partial charge in [-0.05, 0) is 48.0 Å². The molecule has 0 bridgehead atoms. The maximum atomic E-state index is 12.6. The van der Waals surface area contributed by atoms with Gasteiger partial charge in [-0.25, -0.2) is 8.42 Å². The molecule has 0 atom stereocenters. The van der Waals surface area contributed by atoms with E-state index in [4.69, 9.17) is 14.2 Å². The van der Waals surface area contributed by atoms with Crippen molar-refractivity contribution in [3.8, 4) is 11.5 Å². The topological polar surface area (TPSA) is 94.2 Å². The molecular formula is C20H20N2O6S. The maximum Gasteiger partial charge on any atom is 0.248 e. The van der Waals surface area contributed by atoms with Crippen LogP contribution < -0.4 is 14.8 Å². The average molecular weight is 416 g/mol. The number of rotatable bonds is 5. The monoisotopic (exact) mass is 416 g/mol. The van der Waals surface area contributed by atoms with Crippen LogP contribution in [-0.4, -0.2) is 51.7 Å². The fourth-order valence-corrected chi connectivity index (χ4v) is 4.43. The van der Waals surface area contributed by atoms with Gasteiger partial charge >= 0.3 is 0 Å². The number of sulfonamides is 1. The Morgan fingerprint density at radius 2 is 1.72 bits per heavy atom. The molecule has 9 heteroatoms. The van der Waals surface area contributed by atoms with Gasteiger partial charge in [0, 0.05) is 24.9 Å². The summed E-state index contributed by atoms with van der Waals surface area (Å²) in [6.45, 7) is 1.66. The zero-order valence-electron chi connectivity index (χ0n) is 15.5. The van der Waals surface area contributed by atoms with Gasteiger partial charge in [-0.3, -0.25) is 4.79 Å². The summed E-state index contributed by atoms with van der Waals surface area (Å²) in [5.74, 6) is 0.995. The summed E-state index contributed by atoms with van der Waals surface area (Å²) in [4.78, 5) is 12.3. The number of amides is 1. The summed E-state index contributed by atoms with van der Waals surface area (Å²) in [6, 6.07) is 11.5. The Kier molecular flexibility index (Phi) is 5.52. The van der Waals surface area contributed by atoms with Crippen LogP contribution in [0.3, 0.4) is 0 Å². The van der Waals surface area contributed by atoms with E-state index in [0.29, 0.717) is 43.5 Å². The Hall–Kier alpha value is -2.88. The van der Waals surface area contributed by atoms with Gasteiger partial charge in [0.2, 0.25) is 22.7 Å². The molecule has 1 amide bonds. The van der Waals surface area contributed by atoms with Crippen molar-refractivity contribution in [2.45, 2.75) is 4.90 Å². The van der Waals surface area contributed by atoms with E-state index in [-0.39, 0.29) is 17.6 Å². The van der Waals surface area contributed by atoms with Crippen molar-refractivity contribution in [2.75, 3.05) is 38.4 Å². The highest BCUT2D eigenvalue weighted by molar-refractivity contribution is 7.89. The molecule has 152 valence electrons. The first-order valence-electron chi connectivity index (χ1n) is 9.09. The van der Waals surface area contributed by atoms with Crippen LogP contribution in [0.4, 0.5) is 5.69 Å². The predicted molar refractivity (Wildman–Crippen MR) is 106 cm³/mol. The Morgan fingerprint density at radius 1 is 1.00 bits per heavy atom. The zero-order valence-corrected chi connectivity index (χ0v) is 16.4. The van der Waals surface area contributed by atoms with E-state index in [1.807, 2.05) is 6.07 Å². The molecule has 0 spiro atoms. The lowest BCUT2D eigenvalue weighted by Crippen LogP contribution is -2.40. The third-order valence-corrected chi connectivity index (χ3v) is 6.47. The SMILES string of the molecule is O=C(/C=C/c1ccc2c(c1)OCO2)Nc1ccc(S(=O)(=O)N2CCOCC2)cc1. The van der Waals surface area contributed by atoms with Crippen molar-refractivity contribution in [3.05, 3.63) is 54.1 Å². The summed E-state index contributed by atoms with van der Waals surface area (Å²) in [6.07, 6.45) is 3.06. The molecule has 2 aromatic rings. The van der Waals surface area contributed by atoms with Crippen LogP contribution in [0.5, 0.6) is 11.5 Å². The number of nitrogens with one attached hydrogen (secondary N) is 1. The molecule has 4 rings (SSSR count). The second-order valence-electron chi connectivity index (χ2n) is 6.48. The molecule has 0 saturated carbocycles. The highest BCUT2D eigenvalue weighted by Gasteiger charge is 2.26. The molecule has 2 heterocycles. The van der Waals surface area contributed by atoms with Crippen LogP contribution in [0.15, 0.2) is 53.4 Å². The summed E-state index contributed by atoms with van der Waals surface area (Å²) in [5, 5.41) is 2.71. The first kappa shape index (κ1) is 19.4. The molecule has 0 unspecified atom stereocenters. The van der Waals surface area contributed by atoms with E-state index in [1.165, 1.54) is 22.5 Å². The van der Waals surface area contributed by atoms with Gasteiger partial charge in [-0.2, -0.15) is 4.31 Å². The minimum atomic E-state index is -3.55. The lowest BCUT2D eigenvalue weighted by Gasteiger charge is -2.26. The fourth-order valence-electron chi connectivity index (χ4n) is 3.02. The first-order valence-corrected chi connectivity index (χ1v) is 10.5. The number of nitrogens with zero attached hydrogens (tertiary/aromatic N) is 1. The molecule has 2 aliphatic rings. The Morgan fingerprint density at radius 3 is 2.48 bits per heavy atom. The second kappa shape index (κ2) is 8.24. The minimum absolute atomic E-state index is 0.188. The molecule has 2 aromatic carbocycles. The van der Waals surface area contributed by atoms with Gasteiger partial charge in [0.25, 0.3) is 0 Å². The zero-order chi connectivity index (χ0) is 20.3. The van der Waals surface area contributed by atoms with E-state index in [2.05, 4.69) is 5.32 Å². The number of carbonyl (C=O) groups is 1. The molecule has 0 radical (unpaired) electrons. The highest BCUT2D eigenvalue weighted by atomic mass is 32.2. The number of carbonyl (C=O) groups excluding carboxylic acids is 1. The molecule has 29 heavy (non-hydrogen) atoms. The van der Waals surface area contributed by atoms with E-state index in [0.717, 1.165) is 5.56 Å². The molecule has 8 nitrogen and oxygen atoms in total. The molecule has 2 aliphatic heterocycles. The van der Waals surface area contributed by atoms with E-state index >= 15 is 0 Å². The molecular weight excluding hydrogens is 396 g/mol. The van der Waals surface area contributed by atoms with Crippen molar-refractivity contribution in [1.29, 1.82) is 0 Å². The lowest BCUT2D eigenvalue weighted by molar-refractivity contribution is -0.111. The molecule has 1 fully saturated rings. The van der Waals surface area contributed by atoms with Crippen molar-refractivity contribution in [2.24, 2.45) is 0 Å². The van der Waals surface area contributed by atoms with E-state index in [9.17, 15) is 13.2 Å². The number of morpholine rings is 1. The van der Waals surface area contributed by atoms with Gasteiger partial charge in [0.1, 0.15) is 0 Å². The van der Waals surface area contributed by atoms with Crippen LogP contribution in [0, 0.1) is 0 Å². The van der Waals surface area contributed by atoms with Gasteiger partial charge in [0.15, 0.2) is 11.5 Å². The maximum absolute atomic E-state index is 12.6. The third kappa shape index (κ3) is 4.42. The Balaban J connectivity index is 1.38. The number of hydrogen-bond donors (Lipinski definition) is 1. The van der Waals surface area contributed by atoms with Crippen LogP contribution in [0.2, 0.25) is 0 Å². The number of benzene rings is 2. The fraction of sp³-hybridized carbons (Fsp3) is 0.250. The Bertz CT molecular complexity index is 1030. The first-order chi connectivity index (χ1) is 14.0. The summed E-state index contributed by atoms with van der Waals surface area (Å²) < 4.78 is 42.4. The average Bonchev–Trinajstić information content (AvgIpc) is 3.21. The van der Waals surface area contributed by atoms with Crippen LogP contribution in [0.25, 0.3) is 6.08 Å². The summed E-state index contributed by atoms with van der Waals surface area (Å²) in [5.41, 5.74) is 1.31. The largest absolute Gasteiger partial charge is 0.454 e.